The number of amides is 1. The quantitative estimate of drug-likeness (QED) is 0.540. The maximum Gasteiger partial charge on any atom is 0.251 e. The summed E-state index contributed by atoms with van der Waals surface area (Å²) in [5.41, 5.74) is 4.26. The number of aromatic nitrogens is 1. The Kier molecular flexibility index (Phi) is 7.39. The first-order valence-electron chi connectivity index (χ1n) is 11.1. The van der Waals surface area contributed by atoms with Crippen molar-refractivity contribution in [3.8, 4) is 0 Å². The van der Waals surface area contributed by atoms with Gasteiger partial charge in [0.05, 0.1) is 10.4 Å². The highest BCUT2D eigenvalue weighted by Crippen LogP contribution is 2.23. The molecule has 33 heavy (non-hydrogen) atoms. The van der Waals surface area contributed by atoms with Crippen molar-refractivity contribution in [1.29, 1.82) is 0 Å². The largest absolute Gasteiger partial charge is 0.326 e. The van der Waals surface area contributed by atoms with E-state index in [0.717, 1.165) is 27.6 Å². The molecule has 3 rings (SSSR count). The molecule has 0 unspecified atom stereocenters. The molecule has 176 valence electrons. The van der Waals surface area contributed by atoms with Gasteiger partial charge in [0.25, 0.3) is 5.56 Å². The van der Waals surface area contributed by atoms with Crippen molar-refractivity contribution in [2.45, 2.75) is 52.5 Å². The van der Waals surface area contributed by atoms with Gasteiger partial charge in [0.2, 0.25) is 15.9 Å². The van der Waals surface area contributed by atoms with E-state index < -0.39 is 10.0 Å². The lowest BCUT2D eigenvalue weighted by Gasteiger charge is -2.18. The van der Waals surface area contributed by atoms with Crippen LogP contribution in [0.3, 0.4) is 0 Å². The van der Waals surface area contributed by atoms with E-state index in [1.165, 1.54) is 16.4 Å². The van der Waals surface area contributed by atoms with Crippen molar-refractivity contribution in [1.82, 2.24) is 8.87 Å². The molecule has 7 nitrogen and oxygen atoms in total. The van der Waals surface area contributed by atoms with E-state index in [-0.39, 0.29) is 29.3 Å². The van der Waals surface area contributed by atoms with Crippen LogP contribution in [0, 0.1) is 20.8 Å². The first kappa shape index (κ1) is 24.7. The van der Waals surface area contributed by atoms with Gasteiger partial charge in [0.1, 0.15) is 0 Å². The molecule has 0 saturated heterocycles. The van der Waals surface area contributed by atoms with Gasteiger partial charge in [0, 0.05) is 43.2 Å². The summed E-state index contributed by atoms with van der Waals surface area (Å²) in [5.74, 6) is -0.250. The number of aryl methyl sites for hydroxylation is 4. The van der Waals surface area contributed by atoms with Crippen molar-refractivity contribution < 1.29 is 13.2 Å². The second kappa shape index (κ2) is 9.89. The average molecular weight is 470 g/mol. The molecule has 1 aromatic heterocycles. The van der Waals surface area contributed by atoms with E-state index in [4.69, 9.17) is 0 Å². The van der Waals surface area contributed by atoms with Gasteiger partial charge in [-0.3, -0.25) is 9.59 Å². The van der Waals surface area contributed by atoms with Crippen LogP contribution >= 0.6 is 0 Å². The Labute approximate surface area is 195 Å². The molecule has 2 aromatic carbocycles. The minimum absolute atomic E-state index is 0.116. The van der Waals surface area contributed by atoms with Gasteiger partial charge < -0.3 is 9.88 Å². The summed E-state index contributed by atoms with van der Waals surface area (Å²) in [6, 6.07) is 11.8. The smallest absolute Gasteiger partial charge is 0.251 e. The molecule has 8 heteroatoms. The van der Waals surface area contributed by atoms with E-state index in [2.05, 4.69) is 11.4 Å². The van der Waals surface area contributed by atoms with E-state index in [1.807, 2.05) is 26.8 Å². The summed E-state index contributed by atoms with van der Waals surface area (Å²) in [7, 11) is -3.55. The Morgan fingerprint density at radius 2 is 1.61 bits per heavy atom. The molecule has 0 bridgehead atoms. The molecule has 0 atom stereocenters. The third-order valence-electron chi connectivity index (χ3n) is 5.79. The molecule has 1 amide bonds. The van der Waals surface area contributed by atoms with Gasteiger partial charge in [-0.15, -0.1) is 0 Å². The number of rotatable bonds is 8. The van der Waals surface area contributed by atoms with Crippen LogP contribution in [-0.4, -0.2) is 36.3 Å². The topological polar surface area (TPSA) is 88.5 Å². The van der Waals surface area contributed by atoms with E-state index in [1.54, 1.807) is 36.6 Å². The molecule has 0 aliphatic rings. The molecule has 0 aliphatic heterocycles. The van der Waals surface area contributed by atoms with Crippen LogP contribution in [0.1, 0.15) is 37.0 Å². The number of hydrogen-bond acceptors (Lipinski definition) is 4. The summed E-state index contributed by atoms with van der Waals surface area (Å²) >= 11 is 0. The van der Waals surface area contributed by atoms with Gasteiger partial charge in [0.15, 0.2) is 0 Å². The number of benzene rings is 2. The van der Waals surface area contributed by atoms with Crippen LogP contribution in [0.2, 0.25) is 0 Å². The van der Waals surface area contributed by atoms with Crippen LogP contribution in [0.4, 0.5) is 5.69 Å². The summed E-state index contributed by atoms with van der Waals surface area (Å²) < 4.78 is 28.2. The summed E-state index contributed by atoms with van der Waals surface area (Å²) in [5, 5.41) is 3.80. The Morgan fingerprint density at radius 1 is 0.970 bits per heavy atom. The number of nitrogens with zero attached hydrogens (tertiary/aromatic N) is 2. The third kappa shape index (κ3) is 5.17. The highest BCUT2D eigenvalue weighted by atomic mass is 32.2. The predicted molar refractivity (Wildman–Crippen MR) is 132 cm³/mol. The molecule has 0 radical (unpaired) electrons. The number of pyridine rings is 1. The summed E-state index contributed by atoms with van der Waals surface area (Å²) in [6.07, 6.45) is 0.116. The van der Waals surface area contributed by atoms with E-state index in [0.29, 0.717) is 18.8 Å². The SMILES string of the molecule is CCN(CC)S(=O)(=O)c1ccc(NC(=O)CCn2c(=O)cc(C)c3cc(C)cc(C)c32)cc1. The molecule has 3 aromatic rings. The normalized spacial score (nSPS) is 11.8. The number of carbonyl (C=O) groups excluding carboxylic acids is 1. The van der Waals surface area contributed by atoms with Crippen molar-refractivity contribution in [3.05, 3.63) is 69.5 Å². The van der Waals surface area contributed by atoms with Crippen LogP contribution in [-0.2, 0) is 21.4 Å². The van der Waals surface area contributed by atoms with E-state index >= 15 is 0 Å². The Hall–Kier alpha value is -2.97. The summed E-state index contributed by atoms with van der Waals surface area (Å²) in [6.45, 7) is 10.5. The highest BCUT2D eigenvalue weighted by Gasteiger charge is 2.21. The number of sulfonamides is 1. The molecule has 1 heterocycles. The number of carbonyl (C=O) groups is 1. The zero-order valence-electron chi connectivity index (χ0n) is 19.8. The molecular weight excluding hydrogens is 438 g/mol. The first-order valence-corrected chi connectivity index (χ1v) is 12.5. The lowest BCUT2D eigenvalue weighted by Crippen LogP contribution is -2.30. The molecule has 0 fully saturated rings. The second-order valence-corrected chi connectivity index (χ2v) is 10.1. The minimum atomic E-state index is -3.55. The summed E-state index contributed by atoms with van der Waals surface area (Å²) in [4.78, 5) is 25.4. The molecule has 0 spiro atoms. The van der Waals surface area contributed by atoms with Crippen molar-refractivity contribution in [3.63, 3.8) is 0 Å². The van der Waals surface area contributed by atoms with Crippen molar-refractivity contribution >= 4 is 32.5 Å². The van der Waals surface area contributed by atoms with Crippen LogP contribution in [0.5, 0.6) is 0 Å². The monoisotopic (exact) mass is 469 g/mol. The maximum absolute atomic E-state index is 12.7. The average Bonchev–Trinajstić information content (AvgIpc) is 2.75. The van der Waals surface area contributed by atoms with Crippen LogP contribution in [0.15, 0.2) is 52.2 Å². The number of fused-ring (bicyclic) bond motifs is 1. The molecule has 0 saturated carbocycles. The van der Waals surface area contributed by atoms with Crippen molar-refractivity contribution in [2.24, 2.45) is 0 Å². The maximum atomic E-state index is 12.7. The lowest BCUT2D eigenvalue weighted by atomic mass is 10.0. The third-order valence-corrected chi connectivity index (χ3v) is 7.85. The number of hydrogen-bond donors (Lipinski definition) is 1. The van der Waals surface area contributed by atoms with Crippen LogP contribution < -0.4 is 10.9 Å². The molecule has 1 N–H and O–H groups in total. The number of anilines is 1. The second-order valence-electron chi connectivity index (χ2n) is 8.21. The molecular formula is C25H31N3O4S. The van der Waals surface area contributed by atoms with Crippen molar-refractivity contribution in [2.75, 3.05) is 18.4 Å². The Bertz CT molecular complexity index is 1340. The lowest BCUT2D eigenvalue weighted by molar-refractivity contribution is -0.116. The Balaban J connectivity index is 1.76. The fourth-order valence-electron chi connectivity index (χ4n) is 4.15. The number of nitrogens with one attached hydrogen (secondary N) is 1. The van der Waals surface area contributed by atoms with Gasteiger partial charge in [-0.25, -0.2) is 8.42 Å². The minimum Gasteiger partial charge on any atom is -0.326 e. The van der Waals surface area contributed by atoms with Gasteiger partial charge in [-0.05, 0) is 62.2 Å². The zero-order chi connectivity index (χ0) is 24.3. The van der Waals surface area contributed by atoms with Crippen LogP contribution in [0.25, 0.3) is 10.9 Å². The van der Waals surface area contributed by atoms with E-state index in [9.17, 15) is 18.0 Å². The Morgan fingerprint density at radius 3 is 2.21 bits per heavy atom. The van der Waals surface area contributed by atoms with Gasteiger partial charge in [-0.2, -0.15) is 4.31 Å². The highest BCUT2D eigenvalue weighted by molar-refractivity contribution is 7.89. The fraction of sp³-hybridized carbons (Fsp3) is 0.360. The zero-order valence-corrected chi connectivity index (χ0v) is 20.6. The predicted octanol–water partition coefficient (Wildman–Crippen LogP) is 3.99. The van der Waals surface area contributed by atoms with Gasteiger partial charge >= 0.3 is 0 Å². The fourth-order valence-corrected chi connectivity index (χ4v) is 5.61. The molecule has 0 aliphatic carbocycles. The first-order chi connectivity index (χ1) is 15.6. The standard InChI is InChI=1S/C25H31N3O4S/c1-6-27(7-2)33(31,32)21-10-8-20(9-11-21)26-23(29)12-13-28-24(30)16-18(4)22-15-17(3)14-19(5)25(22)28/h8-11,14-16H,6-7,12-13H2,1-5H3,(H,26,29). The van der Waals surface area contributed by atoms with Gasteiger partial charge in [-0.1, -0.05) is 25.5 Å².